The molecule has 0 atom stereocenters. The summed E-state index contributed by atoms with van der Waals surface area (Å²) in [5.41, 5.74) is 7.14. The summed E-state index contributed by atoms with van der Waals surface area (Å²) in [4.78, 5) is 19.7. The Kier molecular flexibility index (Phi) is 6.77. The van der Waals surface area contributed by atoms with Crippen LogP contribution < -0.4 is 10.2 Å². The summed E-state index contributed by atoms with van der Waals surface area (Å²) in [6, 6.07) is 43.5. The number of hydrogen-bond acceptors (Lipinski definition) is 4. The lowest BCUT2D eigenvalue weighted by Gasteiger charge is -2.21. The molecule has 39 heavy (non-hydrogen) atoms. The molecule has 0 aromatic heterocycles. The van der Waals surface area contributed by atoms with Crippen LogP contribution in [-0.2, 0) is 4.84 Å². The summed E-state index contributed by atoms with van der Waals surface area (Å²) in [6.07, 6.45) is 0. The van der Waals surface area contributed by atoms with E-state index in [-0.39, 0.29) is 6.04 Å². The van der Waals surface area contributed by atoms with Gasteiger partial charge in [0.2, 0.25) is 0 Å². The average molecular weight is 510 g/mol. The van der Waals surface area contributed by atoms with E-state index < -0.39 is 5.97 Å². The first kappa shape index (κ1) is 24.4. The molecule has 0 aliphatic rings. The van der Waals surface area contributed by atoms with Crippen LogP contribution >= 0.6 is 0 Å². The highest BCUT2D eigenvalue weighted by molar-refractivity contribution is 6.14. The second-order valence-electron chi connectivity index (χ2n) is 9.33. The van der Waals surface area contributed by atoms with Gasteiger partial charge in [-0.1, -0.05) is 121 Å². The molecule has 4 heteroatoms. The minimum atomic E-state index is -0.470. The molecule has 0 amide bonds. The van der Waals surface area contributed by atoms with Crippen molar-refractivity contribution in [1.29, 1.82) is 0 Å². The number of ether oxygens (including phenoxy) is 1. The summed E-state index contributed by atoms with van der Waals surface area (Å²) in [7, 11) is 1.66. The number of methoxy groups -OCH3 is 1. The Morgan fingerprint density at radius 2 is 1.10 bits per heavy atom. The fraction of sp³-hybridized carbons (Fsp3) is 0.0571. The molecular formula is C35H27NO3. The molecular weight excluding hydrogens is 482 g/mol. The van der Waals surface area contributed by atoms with E-state index in [9.17, 15) is 4.79 Å². The van der Waals surface area contributed by atoms with Crippen LogP contribution in [0.2, 0.25) is 0 Å². The van der Waals surface area contributed by atoms with E-state index in [4.69, 9.17) is 9.57 Å². The van der Waals surface area contributed by atoms with Gasteiger partial charge in [-0.05, 0) is 44.8 Å². The van der Waals surface area contributed by atoms with Gasteiger partial charge >= 0.3 is 5.97 Å². The highest BCUT2D eigenvalue weighted by atomic mass is 16.7. The molecule has 6 aromatic carbocycles. The van der Waals surface area contributed by atoms with Crippen LogP contribution in [0.4, 0.5) is 0 Å². The van der Waals surface area contributed by atoms with E-state index in [0.29, 0.717) is 11.3 Å². The minimum absolute atomic E-state index is 0.327. The summed E-state index contributed by atoms with van der Waals surface area (Å²) >= 11 is 0. The average Bonchev–Trinajstić information content (AvgIpc) is 3.01. The van der Waals surface area contributed by atoms with Gasteiger partial charge in [0, 0.05) is 11.1 Å². The minimum Gasteiger partial charge on any atom is -0.496 e. The van der Waals surface area contributed by atoms with E-state index >= 15 is 0 Å². The molecule has 0 saturated carbocycles. The molecule has 6 rings (SSSR count). The Balaban J connectivity index is 1.47. The van der Waals surface area contributed by atoms with Gasteiger partial charge in [0.05, 0.1) is 18.7 Å². The monoisotopic (exact) mass is 509 g/mol. The lowest BCUT2D eigenvalue weighted by molar-refractivity contribution is 0.0190. The first-order valence-electron chi connectivity index (χ1n) is 12.9. The second kappa shape index (κ2) is 10.8. The van der Waals surface area contributed by atoms with Crippen LogP contribution in [0.1, 0.15) is 27.5 Å². The summed E-state index contributed by atoms with van der Waals surface area (Å²) in [6.45, 7) is 0. The maximum absolute atomic E-state index is 13.9. The number of rotatable bonds is 7. The Morgan fingerprint density at radius 3 is 1.69 bits per heavy atom. The Labute approximate surface area is 227 Å². The molecule has 6 aromatic rings. The van der Waals surface area contributed by atoms with Gasteiger partial charge in [-0.25, -0.2) is 4.79 Å². The predicted molar refractivity (Wildman–Crippen MR) is 157 cm³/mol. The van der Waals surface area contributed by atoms with Crippen LogP contribution in [0.15, 0.2) is 133 Å². The molecule has 0 unspecified atom stereocenters. The van der Waals surface area contributed by atoms with Gasteiger partial charge in [-0.15, -0.1) is 5.48 Å². The topological polar surface area (TPSA) is 47.6 Å². The second-order valence-corrected chi connectivity index (χ2v) is 9.33. The summed E-state index contributed by atoms with van der Waals surface area (Å²) in [5.74, 6) is 0.223. The quantitative estimate of drug-likeness (QED) is 0.221. The lowest BCUT2D eigenvalue weighted by atomic mass is 9.89. The fourth-order valence-electron chi connectivity index (χ4n) is 5.18. The highest BCUT2D eigenvalue weighted by Crippen LogP contribution is 2.42. The van der Waals surface area contributed by atoms with Gasteiger partial charge in [0.15, 0.2) is 0 Å². The largest absolute Gasteiger partial charge is 0.496 e. The Morgan fingerprint density at radius 1 is 0.590 bits per heavy atom. The standard InChI is InChI=1S/C35H27NO3/c1-38-31-23-21-25-13-9-11-19-29(25)33(31)32-28-18-10-8-12-24(28)20-22-30(32)35(37)39-36-34(26-14-4-2-5-15-26)27-16-6-3-7-17-27/h2-23,34,36H,1H3. The molecule has 0 aliphatic carbocycles. The highest BCUT2D eigenvalue weighted by Gasteiger charge is 2.24. The van der Waals surface area contributed by atoms with Crippen molar-refractivity contribution in [3.05, 3.63) is 150 Å². The first-order chi connectivity index (χ1) is 19.2. The van der Waals surface area contributed by atoms with E-state index in [0.717, 1.165) is 43.8 Å². The number of nitrogens with one attached hydrogen (secondary N) is 1. The van der Waals surface area contributed by atoms with E-state index in [1.54, 1.807) is 7.11 Å². The van der Waals surface area contributed by atoms with E-state index in [2.05, 4.69) is 17.6 Å². The number of carbonyl (C=O) groups is 1. The third kappa shape index (κ3) is 4.74. The lowest BCUT2D eigenvalue weighted by Crippen LogP contribution is -2.26. The molecule has 190 valence electrons. The van der Waals surface area contributed by atoms with Gasteiger partial charge < -0.3 is 9.57 Å². The van der Waals surface area contributed by atoms with Crippen molar-refractivity contribution in [2.24, 2.45) is 0 Å². The number of hydroxylamine groups is 1. The molecule has 0 fully saturated rings. The molecule has 0 radical (unpaired) electrons. The van der Waals surface area contributed by atoms with Crippen molar-refractivity contribution in [3.8, 4) is 16.9 Å². The smallest absolute Gasteiger partial charge is 0.357 e. The fourth-order valence-corrected chi connectivity index (χ4v) is 5.18. The van der Waals surface area contributed by atoms with Crippen LogP contribution in [-0.4, -0.2) is 13.1 Å². The van der Waals surface area contributed by atoms with Crippen LogP contribution in [0, 0.1) is 0 Å². The van der Waals surface area contributed by atoms with Gasteiger partial charge in [0.25, 0.3) is 0 Å². The number of fused-ring (bicyclic) bond motifs is 2. The number of carbonyl (C=O) groups excluding carboxylic acids is 1. The number of benzene rings is 6. The third-order valence-corrected chi connectivity index (χ3v) is 7.04. The maximum Gasteiger partial charge on any atom is 0.357 e. The van der Waals surface area contributed by atoms with Gasteiger partial charge in [-0.2, -0.15) is 0 Å². The van der Waals surface area contributed by atoms with Crippen molar-refractivity contribution in [2.75, 3.05) is 7.11 Å². The van der Waals surface area contributed by atoms with Gasteiger partial charge in [0.1, 0.15) is 5.75 Å². The van der Waals surface area contributed by atoms with Gasteiger partial charge in [-0.3, -0.25) is 0 Å². The Hall–Kier alpha value is -4.93. The molecule has 0 saturated heterocycles. The molecule has 0 aliphatic heterocycles. The molecule has 1 N–H and O–H groups in total. The first-order valence-corrected chi connectivity index (χ1v) is 12.9. The zero-order chi connectivity index (χ0) is 26.6. The van der Waals surface area contributed by atoms with Crippen LogP contribution in [0.25, 0.3) is 32.7 Å². The van der Waals surface area contributed by atoms with Crippen LogP contribution in [0.3, 0.4) is 0 Å². The van der Waals surface area contributed by atoms with Crippen molar-refractivity contribution in [2.45, 2.75) is 6.04 Å². The van der Waals surface area contributed by atoms with E-state index in [1.807, 2.05) is 121 Å². The maximum atomic E-state index is 13.9. The molecule has 0 heterocycles. The summed E-state index contributed by atoms with van der Waals surface area (Å²) in [5, 5.41) is 4.04. The van der Waals surface area contributed by atoms with Crippen LogP contribution in [0.5, 0.6) is 5.75 Å². The van der Waals surface area contributed by atoms with Crippen molar-refractivity contribution >= 4 is 27.5 Å². The zero-order valence-corrected chi connectivity index (χ0v) is 21.5. The molecule has 4 nitrogen and oxygen atoms in total. The SMILES string of the molecule is COc1ccc2ccccc2c1-c1c(C(=O)ONC(c2ccccc2)c2ccccc2)ccc2ccccc12. The summed E-state index contributed by atoms with van der Waals surface area (Å²) < 4.78 is 5.84. The zero-order valence-electron chi connectivity index (χ0n) is 21.5. The predicted octanol–water partition coefficient (Wildman–Crippen LogP) is 8.12. The Bertz CT molecular complexity index is 1720. The number of hydrogen-bond donors (Lipinski definition) is 1. The molecule has 0 bridgehead atoms. The van der Waals surface area contributed by atoms with Crippen molar-refractivity contribution < 1.29 is 14.4 Å². The van der Waals surface area contributed by atoms with Crippen molar-refractivity contribution in [1.82, 2.24) is 5.48 Å². The normalized spacial score (nSPS) is 11.1. The van der Waals surface area contributed by atoms with E-state index in [1.165, 1.54) is 0 Å². The molecule has 0 spiro atoms. The third-order valence-electron chi connectivity index (χ3n) is 7.04. The van der Waals surface area contributed by atoms with Crippen molar-refractivity contribution in [3.63, 3.8) is 0 Å².